The number of amides is 1. The van der Waals surface area contributed by atoms with E-state index >= 15 is 0 Å². The van der Waals surface area contributed by atoms with Crippen molar-refractivity contribution >= 4 is 21.9 Å². The Kier molecular flexibility index (Phi) is 8.34. The van der Waals surface area contributed by atoms with Gasteiger partial charge < -0.3 is 10.1 Å². The topological polar surface area (TPSA) is 110 Å². The monoisotopic (exact) mass is 590 g/mol. The number of aryl methyl sites for hydroxylation is 2. The minimum atomic E-state index is -3.97. The first-order valence-electron chi connectivity index (χ1n) is 14.8. The Bertz CT molecular complexity index is 1550. The molecule has 1 aromatic heterocycles. The second-order valence-electron chi connectivity index (χ2n) is 13.1. The van der Waals surface area contributed by atoms with Crippen molar-refractivity contribution in [3.8, 4) is 17.1 Å². The molecule has 1 aliphatic heterocycles. The van der Waals surface area contributed by atoms with Gasteiger partial charge in [0.15, 0.2) is 0 Å². The molecule has 0 saturated heterocycles. The molecule has 3 aromatic rings. The smallest absolute Gasteiger partial charge is 0.264 e. The number of benzene rings is 2. The summed E-state index contributed by atoms with van der Waals surface area (Å²) in [4.78, 5) is 21.4. The lowest BCUT2D eigenvalue weighted by Gasteiger charge is -2.45. The molecule has 1 aliphatic carbocycles. The Morgan fingerprint density at radius 1 is 1.05 bits per heavy atom. The second kappa shape index (κ2) is 11.7. The van der Waals surface area contributed by atoms with Gasteiger partial charge in [-0.2, -0.15) is 4.98 Å². The van der Waals surface area contributed by atoms with E-state index in [1.54, 1.807) is 18.2 Å². The van der Waals surface area contributed by atoms with Crippen molar-refractivity contribution in [2.24, 2.45) is 17.3 Å². The van der Waals surface area contributed by atoms with Crippen molar-refractivity contribution < 1.29 is 17.9 Å². The first-order valence-corrected chi connectivity index (χ1v) is 16.3. The van der Waals surface area contributed by atoms with Crippen molar-refractivity contribution in [3.63, 3.8) is 0 Å². The molecule has 1 unspecified atom stereocenters. The highest BCUT2D eigenvalue weighted by molar-refractivity contribution is 7.92. The summed E-state index contributed by atoms with van der Waals surface area (Å²) < 4.78 is 36.4. The van der Waals surface area contributed by atoms with E-state index < -0.39 is 10.0 Å². The van der Waals surface area contributed by atoms with Crippen LogP contribution in [0.3, 0.4) is 0 Å². The molecule has 9 heteroatoms. The van der Waals surface area contributed by atoms with Crippen LogP contribution in [-0.2, 0) is 14.8 Å². The van der Waals surface area contributed by atoms with Crippen LogP contribution in [-0.4, -0.2) is 36.9 Å². The van der Waals surface area contributed by atoms with Gasteiger partial charge in [-0.25, -0.2) is 18.1 Å². The zero-order valence-corrected chi connectivity index (χ0v) is 26.2. The summed E-state index contributed by atoms with van der Waals surface area (Å²) in [5, 5.41) is 3.13. The van der Waals surface area contributed by atoms with Gasteiger partial charge in [0.25, 0.3) is 10.0 Å². The van der Waals surface area contributed by atoms with E-state index in [0.29, 0.717) is 24.6 Å². The maximum atomic E-state index is 13.7. The molecule has 0 radical (unpaired) electrons. The Balaban J connectivity index is 1.60. The van der Waals surface area contributed by atoms with Gasteiger partial charge >= 0.3 is 0 Å². The molecule has 5 rings (SSSR count). The van der Waals surface area contributed by atoms with Crippen LogP contribution in [0.25, 0.3) is 11.3 Å². The molecule has 8 nitrogen and oxygen atoms in total. The van der Waals surface area contributed by atoms with Gasteiger partial charge in [0, 0.05) is 30.0 Å². The first-order chi connectivity index (χ1) is 19.8. The third-order valence-electron chi connectivity index (χ3n) is 8.42. The van der Waals surface area contributed by atoms with E-state index in [9.17, 15) is 13.2 Å². The molecule has 2 heterocycles. The maximum Gasteiger partial charge on any atom is 0.264 e. The van der Waals surface area contributed by atoms with E-state index in [2.05, 4.69) is 40.8 Å². The fraction of sp³-hybridized carbons (Fsp3) is 0.485. The SMILES string of the molecule is CCC(=O)N[C@H]1C[C@H](C2c3cccc(c3)S(=O)(=O)Nc3nc(cc(-c4c(C)cccc4C)n3)OC[C@H]2CC(C)(C)C)C1. The number of anilines is 1. The molecule has 0 spiro atoms. The van der Waals surface area contributed by atoms with Crippen molar-refractivity contribution in [3.05, 3.63) is 65.2 Å². The minimum absolute atomic E-state index is 0.00835. The number of hydrogen-bond acceptors (Lipinski definition) is 6. The second-order valence-corrected chi connectivity index (χ2v) is 14.8. The molecular weight excluding hydrogens is 548 g/mol. The summed E-state index contributed by atoms with van der Waals surface area (Å²) >= 11 is 0. The highest BCUT2D eigenvalue weighted by Crippen LogP contribution is 2.47. The van der Waals surface area contributed by atoms with E-state index in [4.69, 9.17) is 4.74 Å². The average Bonchev–Trinajstić information content (AvgIpc) is 2.88. The van der Waals surface area contributed by atoms with Crippen LogP contribution in [0.1, 0.15) is 76.0 Å². The number of rotatable bonds is 5. The normalized spacial score (nSPS) is 23.3. The van der Waals surface area contributed by atoms with Crippen molar-refractivity contribution in [2.45, 2.75) is 84.1 Å². The van der Waals surface area contributed by atoms with Crippen molar-refractivity contribution in [1.29, 1.82) is 0 Å². The number of nitrogens with one attached hydrogen (secondary N) is 2. The van der Waals surface area contributed by atoms with Gasteiger partial charge in [-0.1, -0.05) is 58.0 Å². The van der Waals surface area contributed by atoms with E-state index in [1.807, 2.05) is 51.1 Å². The van der Waals surface area contributed by atoms with Gasteiger partial charge in [-0.3, -0.25) is 4.79 Å². The third-order valence-corrected chi connectivity index (χ3v) is 9.74. The molecule has 1 amide bonds. The number of sulfonamides is 1. The number of carbonyl (C=O) groups excluding carboxylic acids is 1. The summed E-state index contributed by atoms with van der Waals surface area (Å²) in [6, 6.07) is 15.2. The van der Waals surface area contributed by atoms with Crippen LogP contribution >= 0.6 is 0 Å². The number of hydrogen-bond donors (Lipinski definition) is 2. The molecule has 2 aliphatic rings. The summed E-state index contributed by atoms with van der Waals surface area (Å²) in [6.45, 7) is 13.0. The van der Waals surface area contributed by atoms with Crippen LogP contribution in [0.15, 0.2) is 53.4 Å². The summed E-state index contributed by atoms with van der Waals surface area (Å²) in [7, 11) is -3.97. The molecule has 42 heavy (non-hydrogen) atoms. The largest absolute Gasteiger partial charge is 0.477 e. The number of carbonyl (C=O) groups is 1. The summed E-state index contributed by atoms with van der Waals surface area (Å²) in [6.07, 6.45) is 3.03. The standard InChI is InChI=1S/C33H42N4O4S/c1-7-28(38)34-25-14-23(15-25)31-22-12-9-13-26(16-22)42(39,40)37-32-35-27(30-20(2)10-8-11-21(30)3)17-29(36-32)41-19-24(31)18-33(4,5)6/h8-13,16-17,23-25,31H,7,14-15,18-19H2,1-6H3,(H,34,38)(H,35,36,37)/t23-,24-,25-,31?/m1/s1. The zero-order chi connectivity index (χ0) is 30.2. The summed E-state index contributed by atoms with van der Waals surface area (Å²) in [5.74, 6) is 0.795. The highest BCUT2D eigenvalue weighted by atomic mass is 32.2. The van der Waals surface area contributed by atoms with Crippen LogP contribution in [0, 0.1) is 31.1 Å². The minimum Gasteiger partial charge on any atom is -0.477 e. The number of aromatic nitrogens is 2. The quantitative estimate of drug-likeness (QED) is 0.356. The van der Waals surface area contributed by atoms with Crippen molar-refractivity contribution in [1.82, 2.24) is 15.3 Å². The maximum absolute atomic E-state index is 13.7. The van der Waals surface area contributed by atoms with Gasteiger partial charge in [0.1, 0.15) is 0 Å². The van der Waals surface area contributed by atoms with E-state index in [1.165, 1.54) is 0 Å². The van der Waals surface area contributed by atoms with Crippen LogP contribution in [0.5, 0.6) is 5.88 Å². The fourth-order valence-corrected chi connectivity index (χ4v) is 7.56. The predicted octanol–water partition coefficient (Wildman–Crippen LogP) is 6.39. The lowest BCUT2D eigenvalue weighted by Crippen LogP contribution is -2.47. The van der Waals surface area contributed by atoms with E-state index in [-0.39, 0.29) is 46.0 Å². The van der Waals surface area contributed by atoms with Crippen LogP contribution < -0.4 is 14.8 Å². The molecule has 4 bridgehead atoms. The van der Waals surface area contributed by atoms with Crippen LogP contribution in [0.2, 0.25) is 0 Å². The van der Waals surface area contributed by atoms with Gasteiger partial charge in [-0.05, 0) is 79.2 Å². The summed E-state index contributed by atoms with van der Waals surface area (Å²) in [5.41, 5.74) is 4.58. The lowest BCUT2D eigenvalue weighted by molar-refractivity contribution is -0.122. The zero-order valence-electron chi connectivity index (χ0n) is 25.4. The van der Waals surface area contributed by atoms with Gasteiger partial charge in [0.05, 0.1) is 17.2 Å². The van der Waals surface area contributed by atoms with Gasteiger partial charge in [-0.15, -0.1) is 0 Å². The lowest BCUT2D eigenvalue weighted by atomic mass is 9.63. The Morgan fingerprint density at radius 3 is 2.40 bits per heavy atom. The van der Waals surface area contributed by atoms with Crippen molar-refractivity contribution in [2.75, 3.05) is 11.3 Å². The Morgan fingerprint density at radius 2 is 1.74 bits per heavy atom. The van der Waals surface area contributed by atoms with E-state index in [0.717, 1.165) is 41.5 Å². The van der Waals surface area contributed by atoms with Crippen LogP contribution in [0.4, 0.5) is 5.95 Å². The number of nitrogens with zero attached hydrogens (tertiary/aromatic N) is 2. The molecular formula is C33H42N4O4S. The molecule has 1 fully saturated rings. The molecule has 1 saturated carbocycles. The third kappa shape index (κ3) is 6.61. The molecule has 2 atom stereocenters. The molecule has 224 valence electrons. The molecule has 2 aromatic carbocycles. The average molecular weight is 591 g/mol. The Hall–Kier alpha value is -3.46. The molecule has 2 N–H and O–H groups in total. The predicted molar refractivity (Wildman–Crippen MR) is 165 cm³/mol. The van der Waals surface area contributed by atoms with Gasteiger partial charge in [0.2, 0.25) is 17.7 Å². The fourth-order valence-electron chi connectivity index (χ4n) is 6.56. The Labute approximate surface area is 249 Å². The highest BCUT2D eigenvalue weighted by Gasteiger charge is 2.42. The number of ether oxygens (including phenoxy) is 1. The first kappa shape index (κ1) is 30.0. The number of fused-ring (bicyclic) bond motifs is 4.